The summed E-state index contributed by atoms with van der Waals surface area (Å²) in [6.45, 7) is 0. The molecule has 0 atom stereocenters. The molecule has 0 fully saturated rings. The Labute approximate surface area is 93.8 Å². The molecule has 6 nitrogen and oxygen atoms in total. The number of nitro benzene ring substituents is 1. The van der Waals surface area contributed by atoms with Crippen LogP contribution in [0.15, 0.2) is 29.2 Å². The number of non-ortho nitro benzene ring substituents is 1. The highest BCUT2D eigenvalue weighted by Crippen LogP contribution is 2.18. The van der Waals surface area contributed by atoms with Gasteiger partial charge in [-0.2, -0.15) is 10.9 Å². The molecule has 8 heteroatoms. The summed E-state index contributed by atoms with van der Waals surface area (Å²) in [6, 6.07) is 4.43. The second kappa shape index (κ2) is 4.19. The Balaban J connectivity index is 3.12. The molecule has 0 aliphatic carbocycles. The zero-order chi connectivity index (χ0) is 10.8. The molecule has 1 aromatic carbocycles. The van der Waals surface area contributed by atoms with Crippen molar-refractivity contribution in [2.75, 3.05) is 0 Å². The minimum absolute atomic E-state index is 0.113. The second-order valence-electron chi connectivity index (χ2n) is 2.27. The first kappa shape index (κ1) is 11.3. The molecule has 1 rings (SSSR count). The quantitative estimate of drug-likeness (QED) is 0.478. The molecule has 0 spiro atoms. The molecular weight excluding hydrogens is 325 g/mol. The van der Waals surface area contributed by atoms with Crippen molar-refractivity contribution in [1.29, 1.82) is 0 Å². The minimum Gasteiger partial charge on any atom is -0.258 e. The van der Waals surface area contributed by atoms with Gasteiger partial charge in [-0.15, -0.1) is 0 Å². The summed E-state index contributed by atoms with van der Waals surface area (Å²) in [5.41, 5.74) is -0.169. The summed E-state index contributed by atoms with van der Waals surface area (Å²) in [6.07, 6.45) is 0. The van der Waals surface area contributed by atoms with E-state index < -0.39 is 15.0 Å². The Kier molecular flexibility index (Phi) is 3.39. The van der Waals surface area contributed by atoms with Crippen LogP contribution in [-0.2, 0) is 12.6 Å². The number of hydrogen-bond acceptors (Lipinski definition) is 5. The molecule has 0 aromatic heterocycles. The first-order valence-electron chi connectivity index (χ1n) is 3.27. The summed E-state index contributed by atoms with van der Waals surface area (Å²) in [4.78, 5) is 9.53. The van der Waals surface area contributed by atoms with Gasteiger partial charge in [0.2, 0.25) is 0 Å². The van der Waals surface area contributed by atoms with Gasteiger partial charge in [-0.05, 0) is 12.1 Å². The number of nitrogens with zero attached hydrogens (tertiary/aromatic N) is 1. The maximum absolute atomic E-state index is 11.1. The molecule has 0 heterocycles. The first-order valence-corrected chi connectivity index (χ1v) is 5.56. The molecule has 14 heavy (non-hydrogen) atoms. The van der Waals surface area contributed by atoms with Crippen molar-refractivity contribution in [3.63, 3.8) is 0 Å². The second-order valence-corrected chi connectivity index (χ2v) is 4.85. The van der Waals surface area contributed by atoms with Crippen molar-refractivity contribution in [1.82, 2.24) is 0 Å². The van der Waals surface area contributed by atoms with Gasteiger partial charge in [0.1, 0.15) is 23.0 Å². The van der Waals surface area contributed by atoms with Crippen molar-refractivity contribution < 1.29 is 15.9 Å². The van der Waals surface area contributed by atoms with Crippen LogP contribution in [0, 0.1) is 10.1 Å². The molecule has 0 saturated carbocycles. The fourth-order valence-electron chi connectivity index (χ4n) is 0.771. The van der Waals surface area contributed by atoms with Gasteiger partial charge in [-0.3, -0.25) is 10.1 Å². The Hall–Kier alpha value is -0.740. The SMILES string of the molecule is O=[N+]([O-])c1ccc(S(=O)(=O)OI)cc1. The zero-order valence-corrected chi connectivity index (χ0v) is 9.56. The van der Waals surface area contributed by atoms with E-state index in [9.17, 15) is 18.5 Å². The number of nitro groups is 1. The van der Waals surface area contributed by atoms with Crippen LogP contribution in [0.25, 0.3) is 0 Å². The normalized spacial score (nSPS) is 11.2. The average Bonchev–Trinajstić information content (AvgIpc) is 2.18. The van der Waals surface area contributed by atoms with Gasteiger partial charge < -0.3 is 0 Å². The lowest BCUT2D eigenvalue weighted by atomic mass is 10.3. The van der Waals surface area contributed by atoms with Crippen LogP contribution in [0.3, 0.4) is 0 Å². The van der Waals surface area contributed by atoms with E-state index >= 15 is 0 Å². The summed E-state index contributed by atoms with van der Waals surface area (Å²) in [5.74, 6) is 0. The molecule has 0 saturated heterocycles. The van der Waals surface area contributed by atoms with Crippen molar-refractivity contribution >= 4 is 38.8 Å². The molecule has 0 aliphatic rings. The third kappa shape index (κ3) is 2.39. The fraction of sp³-hybridized carbons (Fsp3) is 0. The monoisotopic (exact) mass is 329 g/mol. The molecule has 0 amide bonds. The van der Waals surface area contributed by atoms with E-state index in [1.165, 1.54) is 23.0 Å². The van der Waals surface area contributed by atoms with Gasteiger partial charge >= 0.3 is 10.1 Å². The number of rotatable bonds is 3. The highest BCUT2D eigenvalue weighted by molar-refractivity contribution is 14.1. The third-order valence-electron chi connectivity index (χ3n) is 1.42. The van der Waals surface area contributed by atoms with Gasteiger partial charge in [0, 0.05) is 12.1 Å². The topological polar surface area (TPSA) is 86.5 Å². The van der Waals surface area contributed by atoms with E-state index in [0.717, 1.165) is 24.3 Å². The van der Waals surface area contributed by atoms with E-state index in [4.69, 9.17) is 0 Å². The van der Waals surface area contributed by atoms with Crippen LogP contribution >= 0.6 is 23.0 Å². The van der Waals surface area contributed by atoms with Gasteiger partial charge in [0.15, 0.2) is 0 Å². The molecular formula is C6H4INO5S. The predicted molar refractivity (Wildman–Crippen MR) is 55.4 cm³/mol. The Morgan fingerprint density at radius 1 is 1.29 bits per heavy atom. The lowest BCUT2D eigenvalue weighted by Gasteiger charge is -1.98. The largest absolute Gasteiger partial charge is 0.306 e. The lowest BCUT2D eigenvalue weighted by Crippen LogP contribution is -1.99. The Morgan fingerprint density at radius 2 is 1.79 bits per heavy atom. The van der Waals surface area contributed by atoms with Crippen molar-refractivity contribution in [2.45, 2.75) is 4.90 Å². The molecule has 0 N–H and O–H groups in total. The van der Waals surface area contributed by atoms with E-state index in [-0.39, 0.29) is 10.6 Å². The molecule has 0 unspecified atom stereocenters. The minimum atomic E-state index is -3.78. The van der Waals surface area contributed by atoms with Crippen LogP contribution < -0.4 is 0 Å². The van der Waals surface area contributed by atoms with Crippen LogP contribution in [-0.4, -0.2) is 13.3 Å². The molecule has 0 radical (unpaired) electrons. The van der Waals surface area contributed by atoms with Crippen LogP contribution in [0.1, 0.15) is 0 Å². The van der Waals surface area contributed by atoms with Crippen molar-refractivity contribution in [3.05, 3.63) is 34.4 Å². The van der Waals surface area contributed by atoms with Crippen LogP contribution in [0.5, 0.6) is 0 Å². The fourth-order valence-corrected chi connectivity index (χ4v) is 1.94. The first-order chi connectivity index (χ1) is 6.47. The number of benzene rings is 1. The van der Waals surface area contributed by atoms with Crippen LogP contribution in [0.4, 0.5) is 5.69 Å². The smallest absolute Gasteiger partial charge is 0.258 e. The zero-order valence-electron chi connectivity index (χ0n) is 6.58. The molecule has 0 bridgehead atoms. The van der Waals surface area contributed by atoms with E-state index in [1.54, 1.807) is 0 Å². The predicted octanol–water partition coefficient (Wildman–Crippen LogP) is 1.65. The van der Waals surface area contributed by atoms with Crippen LogP contribution in [0.2, 0.25) is 0 Å². The third-order valence-corrected chi connectivity index (χ3v) is 3.85. The molecule has 0 aliphatic heterocycles. The standard InChI is InChI=1S/C6H4INO5S/c7-13-14(11,12)6-3-1-5(2-4-6)8(9)10/h1-4H. The van der Waals surface area contributed by atoms with Gasteiger partial charge in [0.05, 0.1) is 9.82 Å². The van der Waals surface area contributed by atoms with Crippen molar-refractivity contribution in [2.24, 2.45) is 0 Å². The maximum Gasteiger partial charge on any atom is 0.306 e. The van der Waals surface area contributed by atoms with Gasteiger partial charge in [-0.1, -0.05) is 0 Å². The maximum atomic E-state index is 11.1. The highest BCUT2D eigenvalue weighted by Gasteiger charge is 2.15. The van der Waals surface area contributed by atoms with Gasteiger partial charge in [-0.25, -0.2) is 0 Å². The molecule has 76 valence electrons. The number of hydrogen-bond donors (Lipinski definition) is 0. The lowest BCUT2D eigenvalue weighted by molar-refractivity contribution is -0.384. The summed E-state index contributed by atoms with van der Waals surface area (Å²) in [5, 5.41) is 10.3. The molecule has 1 aromatic rings. The highest BCUT2D eigenvalue weighted by atomic mass is 127. The summed E-state index contributed by atoms with van der Waals surface area (Å²) >= 11 is 1.23. The van der Waals surface area contributed by atoms with E-state index in [1.807, 2.05) is 0 Å². The van der Waals surface area contributed by atoms with Crippen molar-refractivity contribution in [3.8, 4) is 0 Å². The van der Waals surface area contributed by atoms with E-state index in [2.05, 4.69) is 2.51 Å². The summed E-state index contributed by atoms with van der Waals surface area (Å²) in [7, 11) is -3.78. The Bertz CT molecular complexity index is 440. The van der Waals surface area contributed by atoms with Gasteiger partial charge in [0.25, 0.3) is 5.69 Å². The average molecular weight is 329 g/mol. The van der Waals surface area contributed by atoms with E-state index in [0.29, 0.717) is 0 Å². The Morgan fingerprint density at radius 3 is 2.14 bits per heavy atom. The number of halogens is 1. The summed E-state index contributed by atoms with van der Waals surface area (Å²) < 4.78 is 26.4.